The summed E-state index contributed by atoms with van der Waals surface area (Å²) in [5.41, 5.74) is 4.79. The normalized spacial score (nSPS) is 23.4. The fraction of sp³-hybridized carbons (Fsp3) is 0.357. The Kier molecular flexibility index (Phi) is 6.84. The van der Waals surface area contributed by atoms with Crippen LogP contribution in [0, 0.1) is 17.7 Å². The molecule has 2 aromatic heterocycles. The molecule has 1 saturated carbocycles. The van der Waals surface area contributed by atoms with E-state index in [4.69, 9.17) is 4.74 Å². The number of nitrogens with one attached hydrogen (secondary N) is 1. The largest absolute Gasteiger partial charge is 0.450 e. The third kappa shape index (κ3) is 5.24. The molecule has 0 spiro atoms. The summed E-state index contributed by atoms with van der Waals surface area (Å²) in [5, 5.41) is 11.7. The molecule has 1 N–H and O–H groups in total. The number of aromatic nitrogens is 3. The van der Waals surface area contributed by atoms with Crippen molar-refractivity contribution in [1.82, 2.24) is 20.5 Å². The van der Waals surface area contributed by atoms with Crippen molar-refractivity contribution in [1.29, 1.82) is 0 Å². The molecule has 180 valence electrons. The number of halogens is 1. The summed E-state index contributed by atoms with van der Waals surface area (Å²) in [5.74, 6) is 0.767. The Morgan fingerprint density at radius 1 is 1.20 bits per heavy atom. The number of fused-ring (bicyclic) bond motifs is 2. The Hall–Kier alpha value is -3.61. The van der Waals surface area contributed by atoms with Crippen LogP contribution in [0.25, 0.3) is 17.2 Å². The van der Waals surface area contributed by atoms with Gasteiger partial charge in [-0.15, -0.1) is 0 Å². The van der Waals surface area contributed by atoms with Gasteiger partial charge in [0.1, 0.15) is 5.82 Å². The second kappa shape index (κ2) is 10.3. The number of carbonyl (C=O) groups excluding carboxylic acids is 1. The summed E-state index contributed by atoms with van der Waals surface area (Å²) in [7, 11) is 0. The Bertz CT molecular complexity index is 1210. The molecule has 6 nitrogen and oxygen atoms in total. The number of ether oxygens (including phenoxy) is 1. The SMILES string of the molecule is CCOC(=O)N[C@@H]1CC[C@@H]2[C@H](Cc3ccnnc3[C@H]2C=Cc2ccc(-c3cccc(F)c3)cn2)C1. The summed E-state index contributed by atoms with van der Waals surface area (Å²) in [6, 6.07) is 12.6. The number of hydrogen-bond donors (Lipinski definition) is 1. The van der Waals surface area contributed by atoms with E-state index in [1.807, 2.05) is 31.2 Å². The van der Waals surface area contributed by atoms with Gasteiger partial charge in [-0.05, 0) is 85.9 Å². The van der Waals surface area contributed by atoms with Crippen molar-refractivity contribution in [3.05, 3.63) is 83.7 Å². The van der Waals surface area contributed by atoms with Gasteiger partial charge >= 0.3 is 6.09 Å². The number of hydrogen-bond acceptors (Lipinski definition) is 5. The van der Waals surface area contributed by atoms with Crippen LogP contribution >= 0.6 is 0 Å². The summed E-state index contributed by atoms with van der Waals surface area (Å²) in [6.07, 6.45) is 11.2. The zero-order valence-corrected chi connectivity index (χ0v) is 19.7. The predicted molar refractivity (Wildman–Crippen MR) is 132 cm³/mol. The van der Waals surface area contributed by atoms with E-state index in [2.05, 4.69) is 32.6 Å². The Morgan fingerprint density at radius 2 is 2.11 bits per heavy atom. The van der Waals surface area contributed by atoms with Crippen molar-refractivity contribution in [2.45, 2.75) is 44.6 Å². The van der Waals surface area contributed by atoms with Gasteiger partial charge in [0.05, 0.1) is 18.0 Å². The van der Waals surface area contributed by atoms with Crippen molar-refractivity contribution < 1.29 is 13.9 Å². The lowest BCUT2D eigenvalue weighted by Gasteiger charge is -2.43. The van der Waals surface area contributed by atoms with Crippen LogP contribution in [0.5, 0.6) is 0 Å². The van der Waals surface area contributed by atoms with Crippen LogP contribution in [-0.2, 0) is 11.2 Å². The fourth-order valence-electron chi connectivity index (χ4n) is 5.55. The monoisotopic (exact) mass is 472 g/mol. The Balaban J connectivity index is 1.34. The number of allylic oxidation sites excluding steroid dienone is 1. The highest BCUT2D eigenvalue weighted by molar-refractivity contribution is 5.67. The molecule has 2 heterocycles. The zero-order chi connectivity index (χ0) is 24.2. The van der Waals surface area contributed by atoms with E-state index < -0.39 is 0 Å². The minimum absolute atomic E-state index is 0.133. The lowest BCUT2D eigenvalue weighted by molar-refractivity contribution is 0.128. The number of nitrogens with zero attached hydrogens (tertiary/aromatic N) is 3. The van der Waals surface area contributed by atoms with Crippen LogP contribution in [0.1, 0.15) is 49.1 Å². The van der Waals surface area contributed by atoms with E-state index in [9.17, 15) is 9.18 Å². The first-order valence-corrected chi connectivity index (χ1v) is 12.2. The standard InChI is InChI=1S/C28H29FN4O2/c1-2-35-28(34)32-24-9-10-25-21(16-24)14-19-12-13-31-33-27(19)26(25)11-8-23-7-6-20(17-30-23)18-4-3-5-22(29)15-18/h3-8,11-13,15,17,21,24-26H,2,9-10,14,16H2,1H3,(H,32,34)/t21-,24-,25-,26+/m1/s1. The van der Waals surface area contributed by atoms with Crippen molar-refractivity contribution in [3.63, 3.8) is 0 Å². The maximum absolute atomic E-state index is 13.6. The van der Waals surface area contributed by atoms with E-state index >= 15 is 0 Å². The van der Waals surface area contributed by atoms with Gasteiger partial charge in [-0.1, -0.05) is 24.3 Å². The van der Waals surface area contributed by atoms with Crippen LogP contribution < -0.4 is 5.32 Å². The number of carbonyl (C=O) groups is 1. The van der Waals surface area contributed by atoms with Crippen molar-refractivity contribution in [2.75, 3.05) is 6.61 Å². The summed E-state index contributed by atoms with van der Waals surface area (Å²) in [4.78, 5) is 16.5. The van der Waals surface area contributed by atoms with Crippen LogP contribution in [0.15, 0.2) is 60.9 Å². The van der Waals surface area contributed by atoms with E-state index in [0.29, 0.717) is 18.4 Å². The first kappa shape index (κ1) is 23.1. The highest BCUT2D eigenvalue weighted by Gasteiger charge is 2.40. The van der Waals surface area contributed by atoms with Gasteiger partial charge in [0.15, 0.2) is 0 Å². The zero-order valence-electron chi connectivity index (χ0n) is 19.7. The maximum atomic E-state index is 13.6. The minimum Gasteiger partial charge on any atom is -0.450 e. The molecule has 5 rings (SSSR count). The second-order valence-electron chi connectivity index (χ2n) is 9.31. The smallest absolute Gasteiger partial charge is 0.407 e. The van der Waals surface area contributed by atoms with Crippen LogP contribution in [0.4, 0.5) is 9.18 Å². The van der Waals surface area contributed by atoms with Gasteiger partial charge < -0.3 is 10.1 Å². The summed E-state index contributed by atoms with van der Waals surface area (Å²) < 4.78 is 18.7. The molecule has 0 saturated heterocycles. The van der Waals surface area contributed by atoms with Crippen LogP contribution in [0.2, 0.25) is 0 Å². The van der Waals surface area contributed by atoms with Crippen LogP contribution in [-0.4, -0.2) is 33.9 Å². The van der Waals surface area contributed by atoms with Gasteiger partial charge in [0.25, 0.3) is 0 Å². The molecule has 2 aliphatic rings. The van der Waals surface area contributed by atoms with E-state index in [-0.39, 0.29) is 23.9 Å². The van der Waals surface area contributed by atoms with Gasteiger partial charge in [0, 0.05) is 29.9 Å². The molecular formula is C28H29FN4O2. The second-order valence-corrected chi connectivity index (χ2v) is 9.31. The van der Waals surface area contributed by atoms with E-state index in [1.54, 1.807) is 18.5 Å². The molecule has 0 aliphatic heterocycles. The molecule has 3 aromatic rings. The summed E-state index contributed by atoms with van der Waals surface area (Å²) >= 11 is 0. The first-order chi connectivity index (χ1) is 17.1. The molecule has 4 atom stereocenters. The Labute approximate surface area is 204 Å². The van der Waals surface area contributed by atoms with E-state index in [0.717, 1.165) is 48.2 Å². The molecular weight excluding hydrogens is 443 g/mol. The molecule has 0 bridgehead atoms. The maximum Gasteiger partial charge on any atom is 0.407 e. The molecule has 0 unspecified atom stereocenters. The molecule has 1 fully saturated rings. The number of pyridine rings is 1. The van der Waals surface area contributed by atoms with Crippen molar-refractivity contribution >= 4 is 12.2 Å². The molecule has 35 heavy (non-hydrogen) atoms. The van der Waals surface area contributed by atoms with Crippen LogP contribution in [0.3, 0.4) is 0 Å². The lowest BCUT2D eigenvalue weighted by Crippen LogP contribution is -2.44. The number of amides is 1. The van der Waals surface area contributed by atoms with E-state index in [1.165, 1.54) is 17.7 Å². The molecule has 7 heteroatoms. The quantitative estimate of drug-likeness (QED) is 0.526. The highest BCUT2D eigenvalue weighted by Crippen LogP contribution is 2.46. The third-order valence-electron chi connectivity index (χ3n) is 7.15. The average molecular weight is 473 g/mol. The molecule has 2 aliphatic carbocycles. The first-order valence-electron chi connectivity index (χ1n) is 12.2. The highest BCUT2D eigenvalue weighted by atomic mass is 19.1. The average Bonchev–Trinajstić information content (AvgIpc) is 2.87. The number of rotatable bonds is 5. The third-order valence-corrected chi connectivity index (χ3v) is 7.15. The van der Waals surface area contributed by atoms with Crippen molar-refractivity contribution in [2.24, 2.45) is 11.8 Å². The number of benzene rings is 1. The van der Waals surface area contributed by atoms with Gasteiger partial charge in [-0.25, -0.2) is 9.18 Å². The summed E-state index contributed by atoms with van der Waals surface area (Å²) in [6.45, 7) is 2.19. The van der Waals surface area contributed by atoms with Gasteiger partial charge in [-0.3, -0.25) is 4.98 Å². The lowest BCUT2D eigenvalue weighted by atomic mass is 9.64. The fourth-order valence-corrected chi connectivity index (χ4v) is 5.55. The molecule has 1 aromatic carbocycles. The predicted octanol–water partition coefficient (Wildman–Crippen LogP) is 5.56. The minimum atomic E-state index is -0.331. The Morgan fingerprint density at radius 3 is 2.91 bits per heavy atom. The van der Waals surface area contributed by atoms with Gasteiger partial charge in [-0.2, -0.15) is 10.2 Å². The van der Waals surface area contributed by atoms with Crippen molar-refractivity contribution in [3.8, 4) is 11.1 Å². The molecule has 1 amide bonds. The molecule has 0 radical (unpaired) electrons. The topological polar surface area (TPSA) is 77.0 Å². The number of alkyl carbamates (subject to hydrolysis) is 1. The van der Waals surface area contributed by atoms with Gasteiger partial charge in [0.2, 0.25) is 0 Å².